The van der Waals surface area contributed by atoms with E-state index in [1.165, 1.54) is 7.05 Å². The summed E-state index contributed by atoms with van der Waals surface area (Å²) in [7, 11) is 1.47. The number of carboxylic acid groups (broad SMARTS) is 1. The van der Waals surface area contributed by atoms with Gasteiger partial charge in [-0.1, -0.05) is 45.0 Å². The van der Waals surface area contributed by atoms with Crippen molar-refractivity contribution < 1.29 is 19.4 Å². The van der Waals surface area contributed by atoms with Crippen LogP contribution in [-0.4, -0.2) is 83.7 Å². The molecule has 1 atom stereocenters. The van der Waals surface area contributed by atoms with Gasteiger partial charge in [0.1, 0.15) is 17.9 Å². The van der Waals surface area contributed by atoms with Crippen LogP contribution in [-0.2, 0) is 4.79 Å². The molecule has 2 aromatic carbocycles. The van der Waals surface area contributed by atoms with Crippen molar-refractivity contribution in [1.82, 2.24) is 14.7 Å². The fourth-order valence-electron chi connectivity index (χ4n) is 4.41. The zero-order valence-corrected chi connectivity index (χ0v) is 21.8. The first-order valence-electron chi connectivity index (χ1n) is 12.2. The largest absolute Gasteiger partial charge is 0.492 e. The molecule has 0 spiro atoms. The first-order valence-corrected chi connectivity index (χ1v) is 12.2. The molecule has 0 unspecified atom stereocenters. The number of likely N-dealkylation sites (N-methyl/N-ethyl adjacent to an activating group) is 1. The number of nitriles is 1. The van der Waals surface area contributed by atoms with Gasteiger partial charge in [0.25, 0.3) is 0 Å². The van der Waals surface area contributed by atoms with E-state index in [1.807, 2.05) is 57.2 Å². The Morgan fingerprint density at radius 1 is 0.972 bits per heavy atom. The summed E-state index contributed by atoms with van der Waals surface area (Å²) < 4.78 is 5.93. The predicted octanol–water partition coefficient (Wildman–Crippen LogP) is 4.16. The van der Waals surface area contributed by atoms with Crippen LogP contribution in [0.25, 0.3) is 11.1 Å². The Balaban J connectivity index is 1.49. The molecular weight excluding hydrogens is 456 g/mol. The van der Waals surface area contributed by atoms with Crippen LogP contribution in [0, 0.1) is 16.7 Å². The summed E-state index contributed by atoms with van der Waals surface area (Å²) in [5.74, 6) is 0.636. The van der Waals surface area contributed by atoms with E-state index in [9.17, 15) is 14.7 Å². The zero-order chi connectivity index (χ0) is 26.5. The Morgan fingerprint density at radius 2 is 1.50 bits per heavy atom. The maximum atomic E-state index is 13.4. The lowest BCUT2D eigenvalue weighted by Gasteiger charge is -2.49. The van der Waals surface area contributed by atoms with Gasteiger partial charge in [-0.15, -0.1) is 0 Å². The van der Waals surface area contributed by atoms with Crippen LogP contribution < -0.4 is 4.74 Å². The Hall–Kier alpha value is -3.57. The number of ether oxygens (including phenoxy) is 1. The Bertz CT molecular complexity index is 1090. The smallest absolute Gasteiger partial charge is 0.407 e. The molecule has 0 aromatic heterocycles. The molecule has 1 saturated heterocycles. The highest BCUT2D eigenvalue weighted by molar-refractivity contribution is 5.90. The lowest BCUT2D eigenvalue weighted by Crippen LogP contribution is -2.66. The minimum absolute atomic E-state index is 0.154. The summed E-state index contributed by atoms with van der Waals surface area (Å²) in [4.78, 5) is 30.3. The number of carbonyl (C=O) groups excluding carboxylic acids is 1. The number of benzene rings is 2. The van der Waals surface area contributed by atoms with Crippen LogP contribution >= 0.6 is 0 Å². The van der Waals surface area contributed by atoms with Gasteiger partial charge in [0.15, 0.2) is 0 Å². The molecule has 1 aliphatic rings. The number of hydrogen-bond acceptors (Lipinski definition) is 5. The lowest BCUT2D eigenvalue weighted by atomic mass is 9.72. The van der Waals surface area contributed by atoms with Gasteiger partial charge in [-0.3, -0.25) is 14.6 Å². The maximum Gasteiger partial charge on any atom is 0.407 e. The van der Waals surface area contributed by atoms with Crippen molar-refractivity contribution >= 4 is 12.0 Å². The second-order valence-corrected chi connectivity index (χ2v) is 10.4. The molecule has 1 aliphatic heterocycles. The molecule has 8 nitrogen and oxygen atoms in total. The van der Waals surface area contributed by atoms with Gasteiger partial charge in [0, 0.05) is 39.8 Å². The summed E-state index contributed by atoms with van der Waals surface area (Å²) in [6.45, 7) is 11.2. The molecule has 0 radical (unpaired) electrons. The number of hydrogen-bond donors (Lipinski definition) is 1. The van der Waals surface area contributed by atoms with E-state index >= 15 is 0 Å². The van der Waals surface area contributed by atoms with Crippen molar-refractivity contribution in [3.8, 4) is 22.9 Å². The van der Waals surface area contributed by atoms with Crippen molar-refractivity contribution in [2.24, 2.45) is 5.41 Å². The topological polar surface area (TPSA) is 97.1 Å². The highest BCUT2D eigenvalue weighted by atomic mass is 16.5. The van der Waals surface area contributed by atoms with E-state index in [2.05, 4.69) is 11.0 Å². The fraction of sp³-hybridized carbons (Fsp3) is 0.464. The number of carbonyl (C=O) groups is 2. The zero-order valence-electron chi connectivity index (χ0n) is 21.8. The molecule has 1 heterocycles. The predicted molar refractivity (Wildman–Crippen MR) is 139 cm³/mol. The summed E-state index contributed by atoms with van der Waals surface area (Å²) in [6, 6.07) is 17.5. The number of nitrogens with zero attached hydrogens (tertiary/aromatic N) is 4. The van der Waals surface area contributed by atoms with Crippen molar-refractivity contribution in [2.75, 3.05) is 46.4 Å². The molecule has 36 heavy (non-hydrogen) atoms. The number of piperazine rings is 1. The van der Waals surface area contributed by atoms with E-state index < -0.39 is 17.0 Å². The van der Waals surface area contributed by atoms with Gasteiger partial charge >= 0.3 is 6.09 Å². The summed E-state index contributed by atoms with van der Waals surface area (Å²) >= 11 is 0. The van der Waals surface area contributed by atoms with Crippen LogP contribution in [0.3, 0.4) is 0 Å². The minimum Gasteiger partial charge on any atom is -0.492 e. The molecule has 0 aliphatic carbocycles. The molecule has 2 aromatic rings. The fourth-order valence-corrected chi connectivity index (χ4v) is 4.41. The van der Waals surface area contributed by atoms with E-state index in [0.717, 1.165) is 28.3 Å². The van der Waals surface area contributed by atoms with E-state index in [0.29, 0.717) is 38.3 Å². The number of amides is 2. The molecule has 1 N–H and O–H groups in total. The van der Waals surface area contributed by atoms with Gasteiger partial charge in [-0.25, -0.2) is 4.79 Å². The molecule has 0 saturated carbocycles. The van der Waals surface area contributed by atoms with E-state index in [4.69, 9.17) is 10.00 Å². The van der Waals surface area contributed by atoms with Crippen molar-refractivity contribution in [2.45, 2.75) is 33.2 Å². The monoisotopic (exact) mass is 492 g/mol. The van der Waals surface area contributed by atoms with Gasteiger partial charge in [0.05, 0.1) is 11.6 Å². The lowest BCUT2D eigenvalue weighted by molar-refractivity contribution is -0.150. The van der Waals surface area contributed by atoms with Gasteiger partial charge in [-0.05, 0) is 47.7 Å². The Morgan fingerprint density at radius 3 is 1.97 bits per heavy atom. The average molecular weight is 493 g/mol. The highest BCUT2D eigenvalue weighted by Gasteiger charge is 2.51. The molecule has 3 rings (SSSR count). The molecule has 8 heteroatoms. The molecule has 2 amide bonds. The molecule has 0 bridgehead atoms. The summed E-state index contributed by atoms with van der Waals surface area (Å²) in [5.41, 5.74) is 1.03. The van der Waals surface area contributed by atoms with Crippen LogP contribution in [0.15, 0.2) is 48.5 Å². The third-order valence-electron chi connectivity index (χ3n) is 7.37. The minimum atomic E-state index is -1.16. The second-order valence-electron chi connectivity index (χ2n) is 10.4. The van der Waals surface area contributed by atoms with Gasteiger partial charge < -0.3 is 14.7 Å². The van der Waals surface area contributed by atoms with Crippen LogP contribution in [0.4, 0.5) is 4.79 Å². The quantitative estimate of drug-likeness (QED) is 0.623. The van der Waals surface area contributed by atoms with Crippen molar-refractivity contribution in [3.63, 3.8) is 0 Å². The summed E-state index contributed by atoms with van der Waals surface area (Å²) in [5, 5.41) is 18.5. The second kappa shape index (κ2) is 11.0. The first-order chi connectivity index (χ1) is 17.0. The third-order valence-corrected chi connectivity index (χ3v) is 7.37. The van der Waals surface area contributed by atoms with E-state index in [1.54, 1.807) is 24.0 Å². The standard InChI is InChI=1S/C28H36N4O4/c1-27(2,3)28(4,30(5)26(34)35)25(33)32-16-14-31(15-17-32)18-19-36-24-12-10-23(11-13-24)22-8-6-21(20-29)7-9-22/h6-13H,14-19H2,1-5H3,(H,34,35)/t28-/m0/s1. The SMILES string of the molecule is CN(C(=O)O)[C@@](C)(C(=O)N1CCN(CCOc2ccc(-c3ccc(C#N)cc3)cc2)CC1)C(C)(C)C. The van der Waals surface area contributed by atoms with Crippen LogP contribution in [0.1, 0.15) is 33.3 Å². The Kier molecular flexibility index (Phi) is 8.26. The first kappa shape index (κ1) is 27.0. The maximum absolute atomic E-state index is 13.4. The van der Waals surface area contributed by atoms with E-state index in [-0.39, 0.29) is 5.91 Å². The molecule has 1 fully saturated rings. The van der Waals surface area contributed by atoms with Crippen molar-refractivity contribution in [3.05, 3.63) is 54.1 Å². The van der Waals surface area contributed by atoms with Gasteiger partial charge in [-0.2, -0.15) is 5.26 Å². The van der Waals surface area contributed by atoms with Crippen LogP contribution in [0.2, 0.25) is 0 Å². The Labute approximate surface area is 213 Å². The van der Waals surface area contributed by atoms with Gasteiger partial charge in [0.2, 0.25) is 5.91 Å². The third kappa shape index (κ3) is 5.80. The van der Waals surface area contributed by atoms with Crippen molar-refractivity contribution in [1.29, 1.82) is 5.26 Å². The highest BCUT2D eigenvalue weighted by Crippen LogP contribution is 2.37. The average Bonchev–Trinajstić information content (AvgIpc) is 2.87. The molecular formula is C28H36N4O4. The summed E-state index contributed by atoms with van der Waals surface area (Å²) in [6.07, 6.45) is -1.11. The molecule has 192 valence electrons. The van der Waals surface area contributed by atoms with Crippen LogP contribution in [0.5, 0.6) is 5.75 Å². The number of rotatable bonds is 7. The normalized spacial score (nSPS) is 16.1.